The van der Waals surface area contributed by atoms with Gasteiger partial charge in [-0.3, -0.25) is 9.52 Å². The van der Waals surface area contributed by atoms with Crippen molar-refractivity contribution < 1.29 is 26.4 Å². The Bertz CT molecular complexity index is 1400. The Morgan fingerprint density at radius 2 is 1.89 bits per heavy atom. The van der Waals surface area contributed by atoms with Crippen LogP contribution in [-0.2, 0) is 22.7 Å². The number of nitrogens with zero attached hydrogens (tertiary/aromatic N) is 4. The quantitative estimate of drug-likeness (QED) is 0.377. The third-order valence-corrected chi connectivity index (χ3v) is 6.84. The van der Waals surface area contributed by atoms with Crippen LogP contribution in [0.2, 0.25) is 0 Å². The lowest BCUT2D eigenvalue weighted by Gasteiger charge is -2.31. The van der Waals surface area contributed by atoms with E-state index >= 15 is 0 Å². The third-order valence-electron chi connectivity index (χ3n) is 5.57. The second-order valence-electron chi connectivity index (χ2n) is 8.18. The van der Waals surface area contributed by atoms with E-state index in [2.05, 4.69) is 30.3 Å². The summed E-state index contributed by atoms with van der Waals surface area (Å²) in [4.78, 5) is 25.9. The largest absolute Gasteiger partial charge is 0.421 e. The zero-order valence-electron chi connectivity index (χ0n) is 19.7. The summed E-state index contributed by atoms with van der Waals surface area (Å²) in [5.74, 6) is -0.952. The van der Waals surface area contributed by atoms with E-state index in [0.29, 0.717) is 36.1 Å². The zero-order chi connectivity index (χ0) is 26.6. The molecule has 0 saturated carbocycles. The Kier molecular flexibility index (Phi) is 7.47. The molecule has 4 rings (SSSR count). The lowest BCUT2D eigenvalue weighted by molar-refractivity contribution is -0.137. The molecular formula is C23H24F3N7O3S. The van der Waals surface area contributed by atoms with Crippen LogP contribution in [0.3, 0.4) is 0 Å². The fourth-order valence-electron chi connectivity index (χ4n) is 3.42. The van der Waals surface area contributed by atoms with Gasteiger partial charge in [-0.25, -0.2) is 18.4 Å². The highest BCUT2D eigenvalue weighted by Crippen LogP contribution is 2.34. The number of carbonyl (C=O) groups is 1. The molecule has 0 unspecified atom stereocenters. The lowest BCUT2D eigenvalue weighted by atomic mass is 10.1. The molecule has 196 valence electrons. The van der Waals surface area contributed by atoms with Crippen molar-refractivity contribution in [3.8, 4) is 0 Å². The van der Waals surface area contributed by atoms with Crippen molar-refractivity contribution in [2.24, 2.45) is 0 Å². The van der Waals surface area contributed by atoms with Gasteiger partial charge in [-0.1, -0.05) is 12.1 Å². The molecule has 3 heterocycles. The SMILES string of the molecule is CCS(=O)(=O)Nc1ncccc1CNc1nc(Nc2cccc(C(=O)N3CCC3)c2)ncc1C(F)(F)F. The molecule has 0 atom stereocenters. The zero-order valence-corrected chi connectivity index (χ0v) is 20.5. The first-order valence-corrected chi connectivity index (χ1v) is 13.0. The van der Waals surface area contributed by atoms with E-state index < -0.39 is 27.6 Å². The molecule has 1 amide bonds. The van der Waals surface area contributed by atoms with Gasteiger partial charge in [-0.05, 0) is 37.6 Å². The summed E-state index contributed by atoms with van der Waals surface area (Å²) in [7, 11) is -3.65. The number of pyridine rings is 1. The molecule has 1 aliphatic heterocycles. The van der Waals surface area contributed by atoms with Gasteiger partial charge in [0.2, 0.25) is 16.0 Å². The molecule has 1 saturated heterocycles. The number of nitrogens with one attached hydrogen (secondary N) is 3. The maximum atomic E-state index is 13.7. The smallest absolute Gasteiger partial charge is 0.365 e. The van der Waals surface area contributed by atoms with Crippen molar-refractivity contribution in [3.05, 3.63) is 65.5 Å². The Hall–Kier alpha value is -3.94. The first-order valence-electron chi connectivity index (χ1n) is 11.3. The lowest BCUT2D eigenvalue weighted by Crippen LogP contribution is -2.42. The number of rotatable bonds is 9. The van der Waals surface area contributed by atoms with Gasteiger partial charge in [0, 0.05) is 48.8 Å². The van der Waals surface area contributed by atoms with Crippen LogP contribution in [0.5, 0.6) is 0 Å². The van der Waals surface area contributed by atoms with Crippen molar-refractivity contribution in [2.75, 3.05) is 34.2 Å². The van der Waals surface area contributed by atoms with Gasteiger partial charge in [-0.15, -0.1) is 0 Å². The van der Waals surface area contributed by atoms with E-state index in [4.69, 9.17) is 0 Å². The minimum atomic E-state index is -4.74. The van der Waals surface area contributed by atoms with Crippen molar-refractivity contribution in [3.63, 3.8) is 0 Å². The van der Waals surface area contributed by atoms with E-state index in [0.717, 1.165) is 6.42 Å². The summed E-state index contributed by atoms with van der Waals surface area (Å²) >= 11 is 0. The summed E-state index contributed by atoms with van der Waals surface area (Å²) in [5, 5.41) is 5.46. The summed E-state index contributed by atoms with van der Waals surface area (Å²) in [6.07, 6.45) is -1.78. The molecule has 0 aliphatic carbocycles. The summed E-state index contributed by atoms with van der Waals surface area (Å²) in [6, 6.07) is 9.60. The van der Waals surface area contributed by atoms with Crippen molar-refractivity contribution in [2.45, 2.75) is 26.1 Å². The van der Waals surface area contributed by atoms with Crippen LogP contribution in [0.15, 0.2) is 48.8 Å². The van der Waals surface area contributed by atoms with Gasteiger partial charge >= 0.3 is 6.18 Å². The molecule has 1 fully saturated rings. The number of hydrogen-bond acceptors (Lipinski definition) is 8. The highest BCUT2D eigenvalue weighted by Gasteiger charge is 2.35. The van der Waals surface area contributed by atoms with Crippen molar-refractivity contribution in [1.82, 2.24) is 19.9 Å². The molecule has 1 aliphatic rings. The second-order valence-corrected chi connectivity index (χ2v) is 10.2. The van der Waals surface area contributed by atoms with Crippen LogP contribution in [0.4, 0.5) is 36.4 Å². The molecule has 3 N–H and O–H groups in total. The van der Waals surface area contributed by atoms with Gasteiger partial charge in [0.05, 0.1) is 5.75 Å². The number of amides is 1. The fourth-order valence-corrected chi connectivity index (χ4v) is 4.04. The first kappa shape index (κ1) is 26.1. The summed E-state index contributed by atoms with van der Waals surface area (Å²) in [5.41, 5.74) is 0.0894. The molecule has 14 heteroatoms. The molecule has 1 aromatic carbocycles. The van der Waals surface area contributed by atoms with E-state index in [-0.39, 0.29) is 30.0 Å². The Labute approximate surface area is 211 Å². The monoisotopic (exact) mass is 535 g/mol. The number of hydrogen-bond donors (Lipinski definition) is 3. The average Bonchev–Trinajstić information content (AvgIpc) is 2.82. The number of carbonyl (C=O) groups excluding carboxylic acids is 1. The number of halogens is 3. The van der Waals surface area contributed by atoms with Crippen molar-refractivity contribution >= 4 is 39.2 Å². The van der Waals surface area contributed by atoms with Crippen LogP contribution in [-0.4, -0.2) is 53.0 Å². The van der Waals surface area contributed by atoms with E-state index in [1.807, 2.05) is 0 Å². The summed E-state index contributed by atoms with van der Waals surface area (Å²) in [6.45, 7) is 2.62. The van der Waals surface area contributed by atoms with Crippen LogP contribution < -0.4 is 15.4 Å². The third kappa shape index (κ3) is 6.44. The predicted molar refractivity (Wildman–Crippen MR) is 132 cm³/mol. The van der Waals surface area contributed by atoms with Gasteiger partial charge in [0.25, 0.3) is 5.91 Å². The highest BCUT2D eigenvalue weighted by molar-refractivity contribution is 7.92. The van der Waals surface area contributed by atoms with Gasteiger partial charge in [0.15, 0.2) is 0 Å². The molecule has 0 spiro atoms. The number of aromatic nitrogens is 3. The van der Waals surface area contributed by atoms with Gasteiger partial charge in [0.1, 0.15) is 17.2 Å². The molecule has 2 aromatic heterocycles. The second kappa shape index (κ2) is 10.6. The number of sulfonamides is 1. The Balaban J connectivity index is 1.57. The number of likely N-dealkylation sites (tertiary alicyclic amines) is 1. The predicted octanol–water partition coefficient (Wildman–Crippen LogP) is 3.85. The maximum absolute atomic E-state index is 13.7. The standard InChI is InChI=1S/C23H24F3N7O3S/c1-2-37(35,36)32-19-16(7-4-9-27-19)13-28-20-18(23(24,25)26)14-29-22(31-20)30-17-8-3-6-15(12-17)21(34)33-10-5-11-33/h3-4,6-9,12,14H,2,5,10-11,13H2,1H3,(H,27,32)(H2,28,29,30,31). The summed E-state index contributed by atoms with van der Waals surface area (Å²) < 4.78 is 67.2. The molecule has 0 radical (unpaired) electrons. The van der Waals surface area contributed by atoms with Crippen LogP contribution in [0.25, 0.3) is 0 Å². The minimum absolute atomic E-state index is 0.00139. The molecule has 3 aromatic rings. The van der Waals surface area contributed by atoms with Gasteiger partial charge < -0.3 is 15.5 Å². The van der Waals surface area contributed by atoms with E-state index in [9.17, 15) is 26.4 Å². The van der Waals surface area contributed by atoms with E-state index in [1.165, 1.54) is 25.3 Å². The fraction of sp³-hybridized carbons (Fsp3) is 0.304. The molecular weight excluding hydrogens is 511 g/mol. The Morgan fingerprint density at radius 3 is 2.57 bits per heavy atom. The van der Waals surface area contributed by atoms with E-state index in [1.54, 1.807) is 29.2 Å². The normalized spacial score (nSPS) is 13.6. The molecule has 10 nitrogen and oxygen atoms in total. The van der Waals surface area contributed by atoms with Crippen molar-refractivity contribution in [1.29, 1.82) is 0 Å². The maximum Gasteiger partial charge on any atom is 0.421 e. The minimum Gasteiger partial charge on any atom is -0.365 e. The average molecular weight is 536 g/mol. The highest BCUT2D eigenvalue weighted by atomic mass is 32.2. The number of alkyl halides is 3. The van der Waals surface area contributed by atoms with Crippen LogP contribution in [0.1, 0.15) is 34.8 Å². The number of anilines is 4. The first-order chi connectivity index (χ1) is 17.6. The number of benzene rings is 1. The van der Waals surface area contributed by atoms with Gasteiger partial charge in [-0.2, -0.15) is 18.2 Å². The topological polar surface area (TPSA) is 129 Å². The molecule has 0 bridgehead atoms. The Morgan fingerprint density at radius 1 is 1.11 bits per heavy atom. The van der Waals surface area contributed by atoms with Crippen LogP contribution in [0, 0.1) is 0 Å². The van der Waals surface area contributed by atoms with Crippen LogP contribution >= 0.6 is 0 Å². The molecule has 37 heavy (non-hydrogen) atoms.